The highest BCUT2D eigenvalue weighted by Crippen LogP contribution is 2.28. The van der Waals surface area contributed by atoms with E-state index in [2.05, 4.69) is 59.1 Å². The van der Waals surface area contributed by atoms with Crippen molar-refractivity contribution >= 4 is 27.3 Å². The van der Waals surface area contributed by atoms with Gasteiger partial charge in [0.15, 0.2) is 0 Å². The molecule has 0 amide bonds. The topological polar surface area (TPSA) is 29.3 Å². The third-order valence-corrected chi connectivity index (χ3v) is 3.56. The fourth-order valence-electron chi connectivity index (χ4n) is 1.89. The molecule has 0 saturated carbocycles. The van der Waals surface area contributed by atoms with Crippen LogP contribution in [0.1, 0.15) is 11.1 Å². The number of halogens is 1. The summed E-state index contributed by atoms with van der Waals surface area (Å²) in [5.74, 6) is 0. The zero-order valence-electron chi connectivity index (χ0n) is 10.7. The minimum atomic E-state index is 0.773. The van der Waals surface area contributed by atoms with Crippen LogP contribution >= 0.6 is 15.9 Å². The second-order valence-corrected chi connectivity index (χ2v) is 5.41. The number of aryl methyl sites for hydroxylation is 1. The van der Waals surface area contributed by atoms with E-state index < -0.39 is 0 Å². The predicted octanol–water partition coefficient (Wildman–Crippen LogP) is 3.98. The van der Waals surface area contributed by atoms with E-state index in [0.29, 0.717) is 0 Å². The third-order valence-electron chi connectivity index (χ3n) is 2.92. The molecule has 2 aromatic carbocycles. The van der Waals surface area contributed by atoms with Crippen LogP contribution in [0.25, 0.3) is 0 Å². The Morgan fingerprint density at radius 1 is 1.11 bits per heavy atom. The number of benzene rings is 2. The second kappa shape index (κ2) is 5.44. The van der Waals surface area contributed by atoms with E-state index in [1.54, 1.807) is 0 Å². The van der Waals surface area contributed by atoms with E-state index in [9.17, 15) is 0 Å². The Kier molecular flexibility index (Phi) is 3.92. The summed E-state index contributed by atoms with van der Waals surface area (Å²) in [6, 6.07) is 14.5. The van der Waals surface area contributed by atoms with Crippen molar-refractivity contribution in [2.45, 2.75) is 13.5 Å². The SMILES string of the molecule is Cc1ccc(CN(C)c2ccc(N)cc2Br)cc1. The zero-order valence-corrected chi connectivity index (χ0v) is 12.2. The first-order valence-electron chi connectivity index (χ1n) is 5.88. The first-order chi connectivity index (χ1) is 8.56. The number of anilines is 2. The highest BCUT2D eigenvalue weighted by atomic mass is 79.9. The Labute approximate surface area is 117 Å². The molecule has 0 unspecified atom stereocenters. The molecule has 2 aromatic rings. The van der Waals surface area contributed by atoms with Gasteiger partial charge in [0, 0.05) is 23.8 Å². The van der Waals surface area contributed by atoms with Gasteiger partial charge in [-0.1, -0.05) is 29.8 Å². The molecular weight excluding hydrogens is 288 g/mol. The molecule has 0 saturated heterocycles. The first-order valence-corrected chi connectivity index (χ1v) is 6.67. The minimum absolute atomic E-state index is 0.773. The number of nitrogen functional groups attached to an aromatic ring is 1. The maximum absolute atomic E-state index is 5.75. The summed E-state index contributed by atoms with van der Waals surface area (Å²) in [5, 5.41) is 0. The van der Waals surface area contributed by atoms with Crippen LogP contribution in [0.4, 0.5) is 11.4 Å². The van der Waals surface area contributed by atoms with Crippen LogP contribution in [0.15, 0.2) is 46.9 Å². The van der Waals surface area contributed by atoms with Crippen LogP contribution in [0.5, 0.6) is 0 Å². The van der Waals surface area contributed by atoms with E-state index in [0.717, 1.165) is 22.4 Å². The number of hydrogen-bond donors (Lipinski definition) is 1. The van der Waals surface area contributed by atoms with Crippen LogP contribution in [0.3, 0.4) is 0 Å². The number of nitrogens with two attached hydrogens (primary N) is 1. The van der Waals surface area contributed by atoms with Crippen LogP contribution in [-0.4, -0.2) is 7.05 Å². The Hall–Kier alpha value is -1.48. The Bertz CT molecular complexity index is 535. The van der Waals surface area contributed by atoms with Crippen LogP contribution < -0.4 is 10.6 Å². The molecule has 0 aromatic heterocycles. The van der Waals surface area contributed by atoms with Crippen LogP contribution in [0.2, 0.25) is 0 Å². The second-order valence-electron chi connectivity index (χ2n) is 4.55. The molecular formula is C15H17BrN2. The average molecular weight is 305 g/mol. The van der Waals surface area contributed by atoms with E-state index in [-0.39, 0.29) is 0 Å². The van der Waals surface area contributed by atoms with Gasteiger partial charge in [0.25, 0.3) is 0 Å². The van der Waals surface area contributed by atoms with Crippen molar-refractivity contribution < 1.29 is 0 Å². The standard InChI is InChI=1S/C15H17BrN2/c1-11-3-5-12(6-4-11)10-18(2)15-8-7-13(17)9-14(15)16/h3-9H,10,17H2,1-2H3. The maximum Gasteiger partial charge on any atom is 0.0512 e. The molecule has 2 nitrogen and oxygen atoms in total. The van der Waals surface area contributed by atoms with E-state index in [1.807, 2.05) is 18.2 Å². The van der Waals surface area contributed by atoms with Gasteiger partial charge in [-0.15, -0.1) is 0 Å². The van der Waals surface area contributed by atoms with Crippen LogP contribution in [0, 0.1) is 6.92 Å². The summed E-state index contributed by atoms with van der Waals surface area (Å²) in [4.78, 5) is 2.20. The first kappa shape index (κ1) is 13.0. The Morgan fingerprint density at radius 2 is 1.78 bits per heavy atom. The fraction of sp³-hybridized carbons (Fsp3) is 0.200. The van der Waals surface area contributed by atoms with Crippen molar-refractivity contribution in [2.24, 2.45) is 0 Å². The lowest BCUT2D eigenvalue weighted by molar-refractivity contribution is 0.919. The molecule has 18 heavy (non-hydrogen) atoms. The molecule has 0 aliphatic rings. The molecule has 2 N–H and O–H groups in total. The monoisotopic (exact) mass is 304 g/mol. The lowest BCUT2D eigenvalue weighted by Crippen LogP contribution is -2.16. The van der Waals surface area contributed by atoms with E-state index in [1.165, 1.54) is 11.1 Å². The highest BCUT2D eigenvalue weighted by Gasteiger charge is 2.06. The molecule has 0 atom stereocenters. The molecule has 94 valence electrons. The quantitative estimate of drug-likeness (QED) is 0.869. The lowest BCUT2D eigenvalue weighted by atomic mass is 10.1. The maximum atomic E-state index is 5.75. The van der Waals surface area contributed by atoms with Crippen molar-refractivity contribution in [3.8, 4) is 0 Å². The van der Waals surface area contributed by atoms with Crippen molar-refractivity contribution in [1.29, 1.82) is 0 Å². The van der Waals surface area contributed by atoms with Gasteiger partial charge in [0.1, 0.15) is 0 Å². The molecule has 0 aliphatic heterocycles. The van der Waals surface area contributed by atoms with Gasteiger partial charge in [-0.05, 0) is 46.6 Å². The fourth-order valence-corrected chi connectivity index (χ4v) is 2.58. The van der Waals surface area contributed by atoms with Crippen molar-refractivity contribution in [1.82, 2.24) is 0 Å². The van der Waals surface area contributed by atoms with Crippen molar-refractivity contribution in [3.05, 3.63) is 58.1 Å². The minimum Gasteiger partial charge on any atom is -0.399 e. The lowest BCUT2D eigenvalue weighted by Gasteiger charge is -2.21. The molecule has 0 bridgehead atoms. The number of hydrogen-bond acceptors (Lipinski definition) is 2. The summed E-state index contributed by atoms with van der Waals surface area (Å²) < 4.78 is 1.03. The van der Waals surface area contributed by atoms with E-state index in [4.69, 9.17) is 5.73 Å². The van der Waals surface area contributed by atoms with Gasteiger partial charge < -0.3 is 10.6 Å². The van der Waals surface area contributed by atoms with Gasteiger partial charge in [-0.2, -0.15) is 0 Å². The normalized spacial score (nSPS) is 10.4. The van der Waals surface area contributed by atoms with Gasteiger partial charge in [-0.25, -0.2) is 0 Å². The predicted molar refractivity (Wildman–Crippen MR) is 81.8 cm³/mol. The molecule has 0 heterocycles. The number of nitrogens with zero attached hydrogens (tertiary/aromatic N) is 1. The van der Waals surface area contributed by atoms with E-state index >= 15 is 0 Å². The number of rotatable bonds is 3. The third kappa shape index (κ3) is 3.05. The summed E-state index contributed by atoms with van der Waals surface area (Å²) in [5.41, 5.74) is 10.2. The smallest absolute Gasteiger partial charge is 0.0512 e. The molecule has 0 radical (unpaired) electrons. The molecule has 0 fully saturated rings. The summed E-state index contributed by atoms with van der Waals surface area (Å²) >= 11 is 3.55. The Morgan fingerprint density at radius 3 is 2.39 bits per heavy atom. The summed E-state index contributed by atoms with van der Waals surface area (Å²) in [7, 11) is 2.08. The summed E-state index contributed by atoms with van der Waals surface area (Å²) in [6.07, 6.45) is 0. The van der Waals surface area contributed by atoms with Gasteiger partial charge in [0.05, 0.1) is 5.69 Å². The van der Waals surface area contributed by atoms with Gasteiger partial charge in [0.2, 0.25) is 0 Å². The molecule has 0 spiro atoms. The Balaban J connectivity index is 2.16. The largest absolute Gasteiger partial charge is 0.399 e. The van der Waals surface area contributed by atoms with Gasteiger partial charge >= 0.3 is 0 Å². The molecule has 3 heteroatoms. The van der Waals surface area contributed by atoms with Crippen molar-refractivity contribution in [2.75, 3.05) is 17.7 Å². The molecule has 2 rings (SSSR count). The van der Waals surface area contributed by atoms with Crippen LogP contribution in [-0.2, 0) is 6.54 Å². The zero-order chi connectivity index (χ0) is 13.1. The molecule has 0 aliphatic carbocycles. The average Bonchev–Trinajstić information content (AvgIpc) is 2.32. The summed E-state index contributed by atoms with van der Waals surface area (Å²) in [6.45, 7) is 2.98. The highest BCUT2D eigenvalue weighted by molar-refractivity contribution is 9.10. The van der Waals surface area contributed by atoms with Gasteiger partial charge in [-0.3, -0.25) is 0 Å². The van der Waals surface area contributed by atoms with Crippen molar-refractivity contribution in [3.63, 3.8) is 0 Å².